The largest absolute Gasteiger partial charge is 0.334 e. The third-order valence-corrected chi connectivity index (χ3v) is 2.55. The number of carbonyl (C=O) groups is 1. The van der Waals surface area contributed by atoms with Crippen LogP contribution in [0.15, 0.2) is 0 Å². The highest BCUT2D eigenvalue weighted by Crippen LogP contribution is 2.17. The highest BCUT2D eigenvalue weighted by atomic mass is 16.2. The molecule has 0 aromatic rings. The normalized spacial score (nSPS) is 26.8. The van der Waals surface area contributed by atoms with E-state index in [1.807, 2.05) is 6.92 Å². The van der Waals surface area contributed by atoms with E-state index in [0.717, 1.165) is 13.0 Å². The lowest BCUT2D eigenvalue weighted by molar-refractivity contribution is -0.133. The average Bonchev–Trinajstić information content (AvgIpc) is 2.50. The Morgan fingerprint density at radius 1 is 1.77 bits per heavy atom. The molecule has 2 atom stereocenters. The van der Waals surface area contributed by atoms with Crippen molar-refractivity contribution >= 4 is 5.91 Å². The molecule has 1 saturated heterocycles. The average molecular weight is 180 g/mol. The summed E-state index contributed by atoms with van der Waals surface area (Å²) in [7, 11) is 1.76. The summed E-state index contributed by atoms with van der Waals surface area (Å²) in [4.78, 5) is 13.4. The van der Waals surface area contributed by atoms with Gasteiger partial charge in [0.15, 0.2) is 0 Å². The molecule has 0 spiro atoms. The molecule has 1 fully saturated rings. The zero-order chi connectivity index (χ0) is 9.84. The minimum absolute atomic E-state index is 0.110. The van der Waals surface area contributed by atoms with Gasteiger partial charge in [-0.25, -0.2) is 0 Å². The summed E-state index contributed by atoms with van der Waals surface area (Å²) in [6.07, 6.45) is 6.07. The van der Waals surface area contributed by atoms with Gasteiger partial charge in [0.05, 0.1) is 12.5 Å². The number of amides is 1. The molecule has 0 aromatic carbocycles. The second-order valence-electron chi connectivity index (χ2n) is 3.54. The first-order valence-electron chi connectivity index (χ1n) is 4.58. The van der Waals surface area contributed by atoms with E-state index in [9.17, 15) is 4.79 Å². The van der Waals surface area contributed by atoms with Crippen LogP contribution in [0.5, 0.6) is 0 Å². The maximum atomic E-state index is 11.7. The molecule has 13 heavy (non-hydrogen) atoms. The first kappa shape index (κ1) is 10.1. The molecule has 1 rings (SSSR count). The quantitative estimate of drug-likeness (QED) is 0.610. The smallest absolute Gasteiger partial charge is 0.227 e. The van der Waals surface area contributed by atoms with E-state index in [-0.39, 0.29) is 17.9 Å². The predicted octanol–water partition coefficient (Wildman–Crippen LogP) is 0.0760. The van der Waals surface area contributed by atoms with Crippen LogP contribution < -0.4 is 5.32 Å². The standard InChI is InChI=1S/C10H16N2O/c1-4-7-12(3)10(13)9-5-6-11-8(9)2/h1,8-9,11H,5-7H2,2-3H3. The number of terminal acetylenes is 1. The summed E-state index contributed by atoms with van der Waals surface area (Å²) in [5.74, 6) is 2.74. The van der Waals surface area contributed by atoms with Crippen molar-refractivity contribution in [3.05, 3.63) is 0 Å². The minimum Gasteiger partial charge on any atom is -0.334 e. The van der Waals surface area contributed by atoms with Crippen molar-refractivity contribution in [1.82, 2.24) is 10.2 Å². The lowest BCUT2D eigenvalue weighted by Gasteiger charge is -2.21. The van der Waals surface area contributed by atoms with Gasteiger partial charge in [0.1, 0.15) is 0 Å². The van der Waals surface area contributed by atoms with Crippen molar-refractivity contribution in [2.24, 2.45) is 5.92 Å². The van der Waals surface area contributed by atoms with Crippen LogP contribution in [-0.4, -0.2) is 37.0 Å². The Kier molecular flexibility index (Phi) is 3.32. The fourth-order valence-electron chi connectivity index (χ4n) is 1.69. The Labute approximate surface area is 79.5 Å². The van der Waals surface area contributed by atoms with E-state index in [0.29, 0.717) is 6.54 Å². The molecule has 1 N–H and O–H groups in total. The van der Waals surface area contributed by atoms with Crippen LogP contribution >= 0.6 is 0 Å². The van der Waals surface area contributed by atoms with E-state index >= 15 is 0 Å². The lowest BCUT2D eigenvalue weighted by atomic mass is 10.0. The van der Waals surface area contributed by atoms with Crippen LogP contribution in [0.2, 0.25) is 0 Å². The Hall–Kier alpha value is -1.01. The van der Waals surface area contributed by atoms with Crippen molar-refractivity contribution in [3.8, 4) is 12.3 Å². The summed E-state index contributed by atoms with van der Waals surface area (Å²) in [6.45, 7) is 3.38. The fraction of sp³-hybridized carbons (Fsp3) is 0.700. The molecule has 0 bridgehead atoms. The van der Waals surface area contributed by atoms with Crippen molar-refractivity contribution < 1.29 is 4.79 Å². The van der Waals surface area contributed by atoms with Gasteiger partial charge < -0.3 is 10.2 Å². The van der Waals surface area contributed by atoms with E-state index in [4.69, 9.17) is 6.42 Å². The zero-order valence-electron chi connectivity index (χ0n) is 8.21. The van der Waals surface area contributed by atoms with Gasteiger partial charge in [-0.2, -0.15) is 0 Å². The van der Waals surface area contributed by atoms with E-state index in [1.54, 1.807) is 11.9 Å². The van der Waals surface area contributed by atoms with E-state index in [2.05, 4.69) is 11.2 Å². The summed E-state index contributed by atoms with van der Waals surface area (Å²) in [6, 6.07) is 0.285. The lowest BCUT2D eigenvalue weighted by Crippen LogP contribution is -2.38. The van der Waals surface area contributed by atoms with Gasteiger partial charge in [-0.05, 0) is 19.9 Å². The summed E-state index contributed by atoms with van der Waals surface area (Å²) >= 11 is 0. The Bertz CT molecular complexity index is 232. The van der Waals surface area contributed by atoms with Crippen LogP contribution in [-0.2, 0) is 4.79 Å². The molecule has 2 unspecified atom stereocenters. The predicted molar refractivity (Wildman–Crippen MR) is 52.0 cm³/mol. The molecule has 3 heteroatoms. The van der Waals surface area contributed by atoms with Gasteiger partial charge >= 0.3 is 0 Å². The van der Waals surface area contributed by atoms with Crippen LogP contribution in [0.4, 0.5) is 0 Å². The molecule has 0 radical (unpaired) electrons. The summed E-state index contributed by atoms with van der Waals surface area (Å²) in [5, 5.41) is 3.25. The molecule has 72 valence electrons. The Morgan fingerprint density at radius 2 is 2.46 bits per heavy atom. The van der Waals surface area contributed by atoms with Gasteiger partial charge in [-0.1, -0.05) is 5.92 Å². The topological polar surface area (TPSA) is 32.3 Å². The Balaban J connectivity index is 2.52. The van der Waals surface area contributed by atoms with Gasteiger partial charge in [0.2, 0.25) is 5.91 Å². The molecule has 1 heterocycles. The molecular formula is C10H16N2O. The van der Waals surface area contributed by atoms with Gasteiger partial charge in [-0.15, -0.1) is 6.42 Å². The number of carbonyl (C=O) groups excluding carboxylic acids is 1. The number of nitrogens with zero attached hydrogens (tertiary/aromatic N) is 1. The van der Waals surface area contributed by atoms with Crippen LogP contribution in [0.25, 0.3) is 0 Å². The van der Waals surface area contributed by atoms with Gasteiger partial charge in [0.25, 0.3) is 0 Å². The van der Waals surface area contributed by atoms with E-state index < -0.39 is 0 Å². The number of hydrogen-bond donors (Lipinski definition) is 1. The summed E-state index contributed by atoms with van der Waals surface area (Å²) < 4.78 is 0. The first-order valence-corrected chi connectivity index (χ1v) is 4.58. The van der Waals surface area contributed by atoms with Crippen LogP contribution in [0.1, 0.15) is 13.3 Å². The molecule has 3 nitrogen and oxygen atoms in total. The molecule has 1 aliphatic heterocycles. The molecule has 0 saturated carbocycles. The second kappa shape index (κ2) is 4.29. The van der Waals surface area contributed by atoms with Crippen molar-refractivity contribution in [2.75, 3.05) is 20.1 Å². The number of hydrogen-bond acceptors (Lipinski definition) is 2. The molecule has 0 aliphatic carbocycles. The third kappa shape index (κ3) is 2.22. The fourth-order valence-corrected chi connectivity index (χ4v) is 1.69. The third-order valence-electron chi connectivity index (χ3n) is 2.55. The number of nitrogens with one attached hydrogen (secondary N) is 1. The molecular weight excluding hydrogens is 164 g/mol. The van der Waals surface area contributed by atoms with Crippen LogP contribution in [0, 0.1) is 18.3 Å². The van der Waals surface area contributed by atoms with Crippen molar-refractivity contribution in [1.29, 1.82) is 0 Å². The van der Waals surface area contributed by atoms with Gasteiger partial charge in [-0.3, -0.25) is 4.79 Å². The highest BCUT2D eigenvalue weighted by molar-refractivity contribution is 5.79. The summed E-state index contributed by atoms with van der Waals surface area (Å²) in [5.41, 5.74) is 0. The first-order chi connectivity index (χ1) is 6.16. The number of rotatable bonds is 2. The minimum atomic E-state index is 0.110. The van der Waals surface area contributed by atoms with Crippen molar-refractivity contribution in [2.45, 2.75) is 19.4 Å². The van der Waals surface area contributed by atoms with Crippen molar-refractivity contribution in [3.63, 3.8) is 0 Å². The molecule has 1 aliphatic rings. The van der Waals surface area contributed by atoms with Gasteiger partial charge in [0, 0.05) is 13.1 Å². The molecule has 1 amide bonds. The molecule has 0 aromatic heterocycles. The highest BCUT2D eigenvalue weighted by Gasteiger charge is 2.30. The monoisotopic (exact) mass is 180 g/mol. The maximum absolute atomic E-state index is 11.7. The Morgan fingerprint density at radius 3 is 2.92 bits per heavy atom. The van der Waals surface area contributed by atoms with E-state index in [1.165, 1.54) is 0 Å². The SMILES string of the molecule is C#CCN(C)C(=O)C1CCNC1C. The van der Waals surface area contributed by atoms with Crippen LogP contribution in [0.3, 0.4) is 0 Å². The second-order valence-corrected chi connectivity index (χ2v) is 3.54. The zero-order valence-corrected chi connectivity index (χ0v) is 8.21. The maximum Gasteiger partial charge on any atom is 0.227 e.